The second kappa shape index (κ2) is 7.67. The molecule has 92 valence electrons. The van der Waals surface area contributed by atoms with Crippen LogP contribution in [0.25, 0.3) is 0 Å². The summed E-state index contributed by atoms with van der Waals surface area (Å²) in [7, 11) is 1.55. The zero-order chi connectivity index (χ0) is 12.6. The summed E-state index contributed by atoms with van der Waals surface area (Å²) in [5, 5.41) is 11.0. The first kappa shape index (κ1) is 14.4. The van der Waals surface area contributed by atoms with Crippen LogP contribution in [-0.4, -0.2) is 47.9 Å². The molecule has 0 spiro atoms. The zero-order valence-corrected chi connectivity index (χ0v) is 9.65. The summed E-state index contributed by atoms with van der Waals surface area (Å²) in [6.45, 7) is 1.87. The topological polar surface area (TPSA) is 86.7 Å². The number of carbonyl (C=O) groups is 3. The standard InChI is InChI=1S/C10H18N2O4/c1-8(13)12(2)7-9(14)11-6-4-3-5-10(15)16/h3-7H2,1-2H3,(H,11,14)(H,15,16). The number of carboxylic acid groups (broad SMARTS) is 1. The third kappa shape index (κ3) is 7.78. The first-order valence-corrected chi connectivity index (χ1v) is 5.13. The SMILES string of the molecule is CC(=O)N(C)CC(=O)NCCCCC(=O)O. The van der Waals surface area contributed by atoms with Gasteiger partial charge >= 0.3 is 5.97 Å². The first-order valence-electron chi connectivity index (χ1n) is 5.13. The van der Waals surface area contributed by atoms with E-state index in [2.05, 4.69) is 5.32 Å². The smallest absolute Gasteiger partial charge is 0.303 e. The maximum absolute atomic E-state index is 11.2. The number of nitrogens with zero attached hydrogens (tertiary/aromatic N) is 1. The number of unbranched alkanes of at least 4 members (excludes halogenated alkanes) is 1. The molecular weight excluding hydrogens is 212 g/mol. The van der Waals surface area contributed by atoms with Crippen LogP contribution >= 0.6 is 0 Å². The van der Waals surface area contributed by atoms with E-state index in [9.17, 15) is 14.4 Å². The molecule has 0 unspecified atom stereocenters. The average molecular weight is 230 g/mol. The lowest BCUT2D eigenvalue weighted by molar-refractivity contribution is -0.137. The molecule has 0 bridgehead atoms. The van der Waals surface area contributed by atoms with Gasteiger partial charge in [-0.25, -0.2) is 0 Å². The van der Waals surface area contributed by atoms with Crippen molar-refractivity contribution in [3.8, 4) is 0 Å². The summed E-state index contributed by atoms with van der Waals surface area (Å²) in [5.41, 5.74) is 0. The van der Waals surface area contributed by atoms with Gasteiger partial charge in [-0.3, -0.25) is 14.4 Å². The zero-order valence-electron chi connectivity index (χ0n) is 9.65. The van der Waals surface area contributed by atoms with Crippen molar-refractivity contribution in [2.75, 3.05) is 20.1 Å². The van der Waals surface area contributed by atoms with Crippen molar-refractivity contribution in [3.63, 3.8) is 0 Å². The van der Waals surface area contributed by atoms with Gasteiger partial charge in [0.25, 0.3) is 0 Å². The number of hydrogen-bond acceptors (Lipinski definition) is 3. The van der Waals surface area contributed by atoms with Gasteiger partial charge in [0.2, 0.25) is 11.8 Å². The number of amides is 2. The highest BCUT2D eigenvalue weighted by atomic mass is 16.4. The largest absolute Gasteiger partial charge is 0.481 e. The van der Waals surface area contributed by atoms with Crippen LogP contribution in [0, 0.1) is 0 Å². The van der Waals surface area contributed by atoms with Crippen LogP contribution in [0.3, 0.4) is 0 Å². The van der Waals surface area contributed by atoms with Crippen LogP contribution in [0.15, 0.2) is 0 Å². The second-order valence-corrected chi connectivity index (χ2v) is 3.58. The minimum absolute atomic E-state index is 0.0360. The Kier molecular flexibility index (Phi) is 6.91. The van der Waals surface area contributed by atoms with Gasteiger partial charge in [-0.1, -0.05) is 0 Å². The summed E-state index contributed by atoms with van der Waals surface area (Å²) >= 11 is 0. The molecule has 6 heteroatoms. The van der Waals surface area contributed by atoms with Crippen LogP contribution in [0.1, 0.15) is 26.2 Å². The predicted octanol–water partition coefficient (Wildman–Crippen LogP) is -0.164. The molecule has 0 saturated carbocycles. The molecule has 0 atom stereocenters. The van der Waals surface area contributed by atoms with Gasteiger partial charge in [0.15, 0.2) is 0 Å². The van der Waals surface area contributed by atoms with E-state index >= 15 is 0 Å². The van der Waals surface area contributed by atoms with Gasteiger partial charge in [0.1, 0.15) is 0 Å². The number of likely N-dealkylation sites (N-methyl/N-ethyl adjacent to an activating group) is 1. The van der Waals surface area contributed by atoms with E-state index in [1.165, 1.54) is 11.8 Å². The molecule has 0 aromatic rings. The van der Waals surface area contributed by atoms with Gasteiger partial charge in [-0.15, -0.1) is 0 Å². The maximum Gasteiger partial charge on any atom is 0.303 e. The Balaban J connectivity index is 3.51. The van der Waals surface area contributed by atoms with E-state index in [4.69, 9.17) is 5.11 Å². The van der Waals surface area contributed by atoms with Crippen molar-refractivity contribution in [1.82, 2.24) is 10.2 Å². The quantitative estimate of drug-likeness (QED) is 0.595. The van der Waals surface area contributed by atoms with Crippen molar-refractivity contribution in [2.45, 2.75) is 26.2 Å². The average Bonchev–Trinajstić information content (AvgIpc) is 2.16. The Bertz CT molecular complexity index is 266. The lowest BCUT2D eigenvalue weighted by Gasteiger charge is -2.14. The highest BCUT2D eigenvalue weighted by molar-refractivity contribution is 5.83. The van der Waals surface area contributed by atoms with Crippen molar-refractivity contribution >= 4 is 17.8 Å². The lowest BCUT2D eigenvalue weighted by atomic mass is 10.2. The van der Waals surface area contributed by atoms with E-state index in [0.717, 1.165) is 0 Å². The first-order chi connectivity index (χ1) is 7.43. The van der Waals surface area contributed by atoms with E-state index in [0.29, 0.717) is 19.4 Å². The van der Waals surface area contributed by atoms with Crippen LogP contribution in [0.2, 0.25) is 0 Å². The normalized spacial score (nSPS) is 9.62. The maximum atomic E-state index is 11.2. The van der Waals surface area contributed by atoms with E-state index in [1.54, 1.807) is 7.05 Å². The summed E-state index contributed by atoms with van der Waals surface area (Å²) < 4.78 is 0. The Hall–Kier alpha value is -1.59. The van der Waals surface area contributed by atoms with E-state index in [-0.39, 0.29) is 24.8 Å². The van der Waals surface area contributed by atoms with E-state index in [1.807, 2.05) is 0 Å². The summed E-state index contributed by atoms with van der Waals surface area (Å²) in [6, 6.07) is 0. The molecule has 16 heavy (non-hydrogen) atoms. The summed E-state index contributed by atoms with van der Waals surface area (Å²) in [6.07, 6.45) is 1.28. The number of nitrogens with one attached hydrogen (secondary N) is 1. The fourth-order valence-electron chi connectivity index (χ4n) is 1.01. The molecule has 0 saturated heterocycles. The molecule has 6 nitrogen and oxygen atoms in total. The Morgan fingerprint density at radius 3 is 2.38 bits per heavy atom. The lowest BCUT2D eigenvalue weighted by Crippen LogP contribution is -2.37. The van der Waals surface area contributed by atoms with Crippen molar-refractivity contribution in [2.24, 2.45) is 0 Å². The number of hydrogen-bond donors (Lipinski definition) is 2. The number of rotatable bonds is 7. The molecule has 0 aromatic carbocycles. The monoisotopic (exact) mass is 230 g/mol. The van der Waals surface area contributed by atoms with Crippen molar-refractivity contribution in [3.05, 3.63) is 0 Å². The van der Waals surface area contributed by atoms with E-state index < -0.39 is 5.97 Å². The molecular formula is C10H18N2O4. The fourth-order valence-corrected chi connectivity index (χ4v) is 1.01. The van der Waals surface area contributed by atoms with Gasteiger partial charge in [-0.05, 0) is 12.8 Å². The fraction of sp³-hybridized carbons (Fsp3) is 0.700. The highest BCUT2D eigenvalue weighted by Gasteiger charge is 2.07. The molecule has 0 rings (SSSR count). The van der Waals surface area contributed by atoms with Crippen molar-refractivity contribution in [1.29, 1.82) is 0 Å². The molecule has 0 aromatic heterocycles. The van der Waals surface area contributed by atoms with Crippen LogP contribution in [-0.2, 0) is 14.4 Å². The molecule has 2 N–H and O–H groups in total. The Morgan fingerprint density at radius 1 is 1.25 bits per heavy atom. The number of carbonyl (C=O) groups excluding carboxylic acids is 2. The Morgan fingerprint density at radius 2 is 1.88 bits per heavy atom. The highest BCUT2D eigenvalue weighted by Crippen LogP contribution is 1.93. The molecule has 0 aliphatic heterocycles. The molecule has 0 heterocycles. The molecule has 0 aliphatic rings. The predicted molar refractivity (Wildman–Crippen MR) is 57.8 cm³/mol. The minimum Gasteiger partial charge on any atom is -0.481 e. The molecule has 0 radical (unpaired) electrons. The Labute approximate surface area is 94.6 Å². The third-order valence-corrected chi connectivity index (χ3v) is 2.06. The van der Waals surface area contributed by atoms with Gasteiger partial charge in [-0.2, -0.15) is 0 Å². The van der Waals surface area contributed by atoms with Crippen molar-refractivity contribution < 1.29 is 19.5 Å². The minimum atomic E-state index is -0.831. The summed E-state index contributed by atoms with van der Waals surface area (Å²) in [5.74, 6) is -1.23. The second-order valence-electron chi connectivity index (χ2n) is 3.58. The number of carboxylic acids is 1. The van der Waals surface area contributed by atoms with Gasteiger partial charge in [0.05, 0.1) is 6.54 Å². The summed E-state index contributed by atoms with van der Waals surface area (Å²) in [4.78, 5) is 33.5. The van der Waals surface area contributed by atoms with Crippen LogP contribution in [0.5, 0.6) is 0 Å². The van der Waals surface area contributed by atoms with Gasteiger partial charge < -0.3 is 15.3 Å². The molecule has 0 fully saturated rings. The van der Waals surface area contributed by atoms with Crippen LogP contribution < -0.4 is 5.32 Å². The molecule has 0 aliphatic carbocycles. The van der Waals surface area contributed by atoms with Gasteiger partial charge in [0, 0.05) is 26.9 Å². The number of aliphatic carboxylic acids is 1. The molecule has 2 amide bonds. The van der Waals surface area contributed by atoms with Crippen LogP contribution in [0.4, 0.5) is 0 Å². The third-order valence-electron chi connectivity index (χ3n) is 2.06.